The van der Waals surface area contributed by atoms with Crippen LogP contribution in [0.2, 0.25) is 0 Å². The first kappa shape index (κ1) is 11.7. The van der Waals surface area contributed by atoms with E-state index >= 15 is 0 Å². The highest BCUT2D eigenvalue weighted by Crippen LogP contribution is 2.20. The van der Waals surface area contributed by atoms with Crippen molar-refractivity contribution in [1.82, 2.24) is 0 Å². The molecule has 0 fully saturated rings. The van der Waals surface area contributed by atoms with Gasteiger partial charge in [0.05, 0.1) is 0 Å². The van der Waals surface area contributed by atoms with E-state index in [1.54, 1.807) is 0 Å². The number of aryl methyl sites for hydroxylation is 1. The molecule has 0 unspecified atom stereocenters. The van der Waals surface area contributed by atoms with E-state index in [0.717, 1.165) is 16.5 Å². The van der Waals surface area contributed by atoms with E-state index in [9.17, 15) is 4.79 Å². The van der Waals surface area contributed by atoms with Crippen molar-refractivity contribution in [3.63, 3.8) is 0 Å². The van der Waals surface area contributed by atoms with Gasteiger partial charge in [0.15, 0.2) is 5.78 Å². The van der Waals surface area contributed by atoms with Crippen LogP contribution < -0.4 is 0 Å². The van der Waals surface area contributed by atoms with E-state index in [0.29, 0.717) is 12.3 Å². The average Bonchev–Trinajstić information content (AvgIpc) is 2.18. The lowest BCUT2D eigenvalue weighted by Crippen LogP contribution is -2.00. The molecule has 0 amide bonds. The van der Waals surface area contributed by atoms with Gasteiger partial charge >= 0.3 is 0 Å². The van der Waals surface area contributed by atoms with Gasteiger partial charge < -0.3 is 0 Å². The Hall–Kier alpha value is -0.340. The van der Waals surface area contributed by atoms with Crippen LogP contribution in [-0.4, -0.2) is 11.7 Å². The molecule has 0 N–H and O–H groups in total. The Balaban J connectivity index is 2.91. The van der Waals surface area contributed by atoms with E-state index in [1.165, 1.54) is 5.56 Å². The zero-order valence-corrected chi connectivity index (χ0v) is 10.4. The maximum absolute atomic E-state index is 11.5. The molecule has 0 radical (unpaired) electrons. The van der Waals surface area contributed by atoms with Crippen molar-refractivity contribution in [3.8, 4) is 0 Å². The van der Waals surface area contributed by atoms with Crippen LogP contribution in [0.1, 0.15) is 29.3 Å². The normalized spacial score (nSPS) is 10.2. The van der Waals surface area contributed by atoms with Gasteiger partial charge in [0.1, 0.15) is 0 Å². The molecule has 1 aromatic carbocycles. The Labute approximate surface area is 97.6 Å². The Bertz CT molecular complexity index is 336. The van der Waals surface area contributed by atoms with Crippen molar-refractivity contribution >= 4 is 33.3 Å². The van der Waals surface area contributed by atoms with Gasteiger partial charge in [-0.25, -0.2) is 0 Å². The second kappa shape index (κ2) is 5.52. The van der Waals surface area contributed by atoms with Crippen molar-refractivity contribution in [3.05, 3.63) is 33.8 Å². The van der Waals surface area contributed by atoms with E-state index in [4.69, 9.17) is 11.6 Å². The van der Waals surface area contributed by atoms with E-state index in [-0.39, 0.29) is 5.78 Å². The molecule has 76 valence electrons. The molecule has 1 aromatic rings. The van der Waals surface area contributed by atoms with Crippen molar-refractivity contribution in [2.45, 2.75) is 19.8 Å². The Morgan fingerprint density at radius 2 is 2.21 bits per heavy atom. The number of hydrogen-bond donors (Lipinski definition) is 0. The number of rotatable bonds is 4. The summed E-state index contributed by atoms with van der Waals surface area (Å²) in [5.74, 6) is 0.481. The highest BCUT2D eigenvalue weighted by Gasteiger charge is 2.06. The average molecular weight is 276 g/mol. The number of hydrogen-bond acceptors (Lipinski definition) is 1. The molecule has 0 aromatic heterocycles. The van der Waals surface area contributed by atoms with Gasteiger partial charge in [-0.15, -0.1) is 11.6 Å². The van der Waals surface area contributed by atoms with Crippen molar-refractivity contribution in [2.24, 2.45) is 0 Å². The van der Waals surface area contributed by atoms with Gasteiger partial charge in [-0.1, -0.05) is 35.0 Å². The number of carbonyl (C=O) groups excluding carboxylic acids is 1. The summed E-state index contributed by atoms with van der Waals surface area (Å²) in [4.78, 5) is 11.5. The summed E-state index contributed by atoms with van der Waals surface area (Å²) in [5.41, 5.74) is 1.95. The van der Waals surface area contributed by atoms with Crippen LogP contribution in [-0.2, 0) is 6.42 Å². The monoisotopic (exact) mass is 274 g/mol. The predicted molar refractivity (Wildman–Crippen MR) is 63.2 cm³/mol. The zero-order chi connectivity index (χ0) is 10.6. The maximum Gasteiger partial charge on any atom is 0.164 e. The molecule has 1 rings (SSSR count). The SMILES string of the molecule is CCc1ccc(C(=O)CCCl)cc1Br. The van der Waals surface area contributed by atoms with Crippen LogP contribution in [0.25, 0.3) is 0 Å². The summed E-state index contributed by atoms with van der Waals surface area (Å²) in [5, 5.41) is 0. The molecular weight excluding hydrogens is 263 g/mol. The number of ketones is 1. The molecule has 0 aliphatic rings. The summed E-state index contributed by atoms with van der Waals surface area (Å²) in [7, 11) is 0. The highest BCUT2D eigenvalue weighted by atomic mass is 79.9. The van der Waals surface area contributed by atoms with Gasteiger partial charge in [0.25, 0.3) is 0 Å². The zero-order valence-electron chi connectivity index (χ0n) is 8.02. The number of halogens is 2. The van der Waals surface area contributed by atoms with Crippen LogP contribution in [0, 0.1) is 0 Å². The molecule has 3 heteroatoms. The second-order valence-corrected chi connectivity index (χ2v) is 4.25. The fraction of sp³-hybridized carbons (Fsp3) is 0.364. The fourth-order valence-corrected chi connectivity index (χ4v) is 2.07. The molecule has 14 heavy (non-hydrogen) atoms. The predicted octanol–water partition coefficient (Wildman–Crippen LogP) is 3.82. The van der Waals surface area contributed by atoms with Crippen LogP contribution in [0.5, 0.6) is 0 Å². The topological polar surface area (TPSA) is 17.1 Å². The van der Waals surface area contributed by atoms with E-state index in [1.807, 2.05) is 18.2 Å². The standard InChI is InChI=1S/C11H12BrClO/c1-2-8-3-4-9(7-10(8)12)11(14)5-6-13/h3-4,7H,2,5-6H2,1H3. The van der Waals surface area contributed by atoms with Crippen LogP contribution in [0.4, 0.5) is 0 Å². The molecule has 0 saturated carbocycles. The molecule has 0 spiro atoms. The number of Topliss-reactive ketones (excluding diaryl/α,β-unsaturated/α-hetero) is 1. The lowest BCUT2D eigenvalue weighted by Gasteiger charge is -2.03. The molecule has 0 heterocycles. The molecule has 0 atom stereocenters. The Morgan fingerprint density at radius 1 is 1.50 bits per heavy atom. The number of benzene rings is 1. The molecule has 0 aliphatic heterocycles. The van der Waals surface area contributed by atoms with Crippen molar-refractivity contribution < 1.29 is 4.79 Å². The van der Waals surface area contributed by atoms with Gasteiger partial charge in [-0.05, 0) is 18.1 Å². The molecular formula is C11H12BrClO. The maximum atomic E-state index is 11.5. The summed E-state index contributed by atoms with van der Waals surface area (Å²) < 4.78 is 1.00. The van der Waals surface area contributed by atoms with Crippen molar-refractivity contribution in [2.75, 3.05) is 5.88 Å². The van der Waals surface area contributed by atoms with Gasteiger partial charge in [0, 0.05) is 22.3 Å². The first-order valence-corrected chi connectivity index (χ1v) is 5.89. The smallest absolute Gasteiger partial charge is 0.164 e. The molecule has 1 nitrogen and oxygen atoms in total. The second-order valence-electron chi connectivity index (χ2n) is 3.02. The van der Waals surface area contributed by atoms with Crippen LogP contribution in [0.3, 0.4) is 0 Å². The summed E-state index contributed by atoms with van der Waals surface area (Å²) in [6, 6.07) is 5.71. The lowest BCUT2D eigenvalue weighted by atomic mass is 10.1. The summed E-state index contributed by atoms with van der Waals surface area (Å²) in [6.45, 7) is 2.08. The minimum atomic E-state index is 0.100. The molecule has 0 aliphatic carbocycles. The van der Waals surface area contributed by atoms with E-state index < -0.39 is 0 Å². The minimum Gasteiger partial charge on any atom is -0.294 e. The minimum absolute atomic E-state index is 0.100. The third kappa shape index (κ3) is 2.82. The molecule has 0 bridgehead atoms. The van der Waals surface area contributed by atoms with Crippen molar-refractivity contribution in [1.29, 1.82) is 0 Å². The largest absolute Gasteiger partial charge is 0.294 e. The Kier molecular flexibility index (Phi) is 4.63. The fourth-order valence-electron chi connectivity index (χ4n) is 1.24. The summed E-state index contributed by atoms with van der Waals surface area (Å²) in [6.07, 6.45) is 1.37. The Morgan fingerprint density at radius 3 is 2.71 bits per heavy atom. The third-order valence-electron chi connectivity index (χ3n) is 2.08. The van der Waals surface area contributed by atoms with Gasteiger partial charge in [-0.2, -0.15) is 0 Å². The quantitative estimate of drug-likeness (QED) is 0.603. The number of carbonyl (C=O) groups is 1. The highest BCUT2D eigenvalue weighted by molar-refractivity contribution is 9.10. The third-order valence-corrected chi connectivity index (χ3v) is 3.00. The lowest BCUT2D eigenvalue weighted by molar-refractivity contribution is 0.0989. The van der Waals surface area contributed by atoms with Gasteiger partial charge in [-0.3, -0.25) is 4.79 Å². The van der Waals surface area contributed by atoms with E-state index in [2.05, 4.69) is 22.9 Å². The van der Waals surface area contributed by atoms with Crippen LogP contribution >= 0.6 is 27.5 Å². The summed E-state index contributed by atoms with van der Waals surface area (Å²) >= 11 is 8.95. The number of alkyl halides is 1. The van der Waals surface area contributed by atoms with Gasteiger partial charge in [0.2, 0.25) is 0 Å². The van der Waals surface area contributed by atoms with Crippen LogP contribution in [0.15, 0.2) is 22.7 Å². The first-order valence-electron chi connectivity index (χ1n) is 4.56. The molecule has 0 saturated heterocycles. The first-order chi connectivity index (χ1) is 6.69.